The van der Waals surface area contributed by atoms with Crippen LogP contribution >= 0.6 is 23.2 Å². The number of nitrogens with one attached hydrogen (secondary N) is 1. The molecular weight excluding hydrogens is 361 g/mol. The molecule has 1 aromatic rings. The molecule has 1 aliphatic carbocycles. The lowest BCUT2D eigenvalue weighted by molar-refractivity contribution is -0.127. The van der Waals surface area contributed by atoms with E-state index in [1.165, 1.54) is 19.3 Å². The van der Waals surface area contributed by atoms with E-state index < -0.39 is 0 Å². The average Bonchev–Trinajstić information content (AvgIpc) is 2.89. The van der Waals surface area contributed by atoms with Crippen LogP contribution in [0, 0.1) is 5.92 Å². The van der Waals surface area contributed by atoms with Crippen molar-refractivity contribution in [2.75, 3.05) is 13.1 Å². The van der Waals surface area contributed by atoms with E-state index in [1.54, 1.807) is 22.6 Å². The Kier molecular flexibility index (Phi) is 5.95. The molecule has 1 saturated carbocycles. The maximum absolute atomic E-state index is 12.8. The van der Waals surface area contributed by atoms with Gasteiger partial charge in [-0.05, 0) is 31.7 Å². The summed E-state index contributed by atoms with van der Waals surface area (Å²) in [6.45, 7) is 1.12. The molecule has 1 aromatic heterocycles. The summed E-state index contributed by atoms with van der Waals surface area (Å²) in [5.41, 5.74) is 0.461. The fourth-order valence-corrected chi connectivity index (χ4v) is 4.23. The number of likely N-dealkylation sites (tertiary alicyclic amines) is 1. The van der Waals surface area contributed by atoms with E-state index >= 15 is 0 Å². The van der Waals surface area contributed by atoms with E-state index in [2.05, 4.69) is 5.32 Å². The molecule has 5 nitrogen and oxygen atoms in total. The van der Waals surface area contributed by atoms with Crippen LogP contribution in [0.15, 0.2) is 6.07 Å². The molecule has 138 valence electrons. The Hall–Kier alpha value is -1.20. The van der Waals surface area contributed by atoms with Crippen molar-refractivity contribution in [3.63, 3.8) is 0 Å². The first-order valence-electron chi connectivity index (χ1n) is 9.07. The van der Waals surface area contributed by atoms with Crippen molar-refractivity contribution < 1.29 is 9.59 Å². The van der Waals surface area contributed by atoms with Crippen molar-refractivity contribution in [1.82, 2.24) is 14.8 Å². The van der Waals surface area contributed by atoms with E-state index in [4.69, 9.17) is 23.2 Å². The van der Waals surface area contributed by atoms with E-state index in [9.17, 15) is 9.59 Å². The van der Waals surface area contributed by atoms with E-state index in [0.717, 1.165) is 25.7 Å². The van der Waals surface area contributed by atoms with Crippen LogP contribution in [-0.4, -0.2) is 40.4 Å². The SMILES string of the molecule is Cn1c(C(=O)N2CCCC(C(=O)NC3CCCCC3)C2)cc(Cl)c1Cl. The molecule has 1 aliphatic heterocycles. The van der Waals surface area contributed by atoms with Crippen molar-refractivity contribution in [2.45, 2.75) is 51.0 Å². The summed E-state index contributed by atoms with van der Waals surface area (Å²) in [6.07, 6.45) is 7.45. The zero-order valence-corrected chi connectivity index (χ0v) is 16.1. The standard InChI is InChI=1S/C18H25Cl2N3O2/c1-22-15(10-14(19)16(22)20)18(25)23-9-5-6-12(11-23)17(24)21-13-7-3-2-4-8-13/h10,12-13H,2-9,11H2,1H3,(H,21,24). The van der Waals surface area contributed by atoms with Gasteiger partial charge in [0.1, 0.15) is 10.8 Å². The van der Waals surface area contributed by atoms with Crippen molar-refractivity contribution in [1.29, 1.82) is 0 Å². The molecule has 1 unspecified atom stereocenters. The number of amides is 2. The summed E-state index contributed by atoms with van der Waals surface area (Å²) in [5, 5.41) is 3.91. The Morgan fingerprint density at radius 3 is 2.48 bits per heavy atom. The third-order valence-corrected chi connectivity index (χ3v) is 6.21. The van der Waals surface area contributed by atoms with Gasteiger partial charge in [-0.3, -0.25) is 9.59 Å². The van der Waals surface area contributed by atoms with Crippen LogP contribution in [0.2, 0.25) is 10.2 Å². The van der Waals surface area contributed by atoms with Gasteiger partial charge in [0.2, 0.25) is 5.91 Å². The van der Waals surface area contributed by atoms with Gasteiger partial charge in [-0.2, -0.15) is 0 Å². The van der Waals surface area contributed by atoms with Gasteiger partial charge in [-0.15, -0.1) is 0 Å². The topological polar surface area (TPSA) is 54.3 Å². The highest BCUT2D eigenvalue weighted by molar-refractivity contribution is 6.41. The second kappa shape index (κ2) is 8.00. The molecule has 1 atom stereocenters. The van der Waals surface area contributed by atoms with Gasteiger partial charge in [-0.25, -0.2) is 0 Å². The smallest absolute Gasteiger partial charge is 0.270 e. The molecule has 1 saturated heterocycles. The lowest BCUT2D eigenvalue weighted by Crippen LogP contribution is -2.48. The van der Waals surface area contributed by atoms with Gasteiger partial charge < -0.3 is 14.8 Å². The highest BCUT2D eigenvalue weighted by atomic mass is 35.5. The average molecular weight is 386 g/mol. The summed E-state index contributed by atoms with van der Waals surface area (Å²) in [5.74, 6) is -0.162. The van der Waals surface area contributed by atoms with Crippen LogP contribution < -0.4 is 5.32 Å². The first-order valence-corrected chi connectivity index (χ1v) is 9.83. The molecule has 3 rings (SSSR count). The second-order valence-corrected chi connectivity index (χ2v) is 7.93. The van der Waals surface area contributed by atoms with E-state index in [0.29, 0.717) is 35.0 Å². The Morgan fingerprint density at radius 1 is 1.12 bits per heavy atom. The third-order valence-electron chi connectivity index (χ3n) is 5.37. The van der Waals surface area contributed by atoms with Crippen LogP contribution in [0.3, 0.4) is 0 Å². The monoisotopic (exact) mass is 385 g/mol. The van der Waals surface area contributed by atoms with Gasteiger partial charge >= 0.3 is 0 Å². The normalized spacial score (nSPS) is 22.0. The van der Waals surface area contributed by atoms with Crippen molar-refractivity contribution in [3.05, 3.63) is 21.9 Å². The molecule has 2 amide bonds. The highest BCUT2D eigenvalue weighted by Crippen LogP contribution is 2.27. The number of carbonyl (C=O) groups is 2. The van der Waals surface area contributed by atoms with E-state index in [1.807, 2.05) is 0 Å². The maximum atomic E-state index is 12.8. The molecule has 2 heterocycles. The zero-order valence-electron chi connectivity index (χ0n) is 14.6. The minimum Gasteiger partial charge on any atom is -0.353 e. The number of hydrogen-bond acceptors (Lipinski definition) is 2. The maximum Gasteiger partial charge on any atom is 0.270 e. The van der Waals surface area contributed by atoms with Crippen LogP contribution in [0.1, 0.15) is 55.4 Å². The molecule has 0 spiro atoms. The number of hydrogen-bond donors (Lipinski definition) is 1. The number of halogens is 2. The first kappa shape index (κ1) is 18.6. The lowest BCUT2D eigenvalue weighted by atomic mass is 9.93. The van der Waals surface area contributed by atoms with Crippen LogP contribution in [0.5, 0.6) is 0 Å². The Balaban J connectivity index is 1.63. The zero-order chi connectivity index (χ0) is 18.0. The predicted molar refractivity (Wildman–Crippen MR) is 99.1 cm³/mol. The summed E-state index contributed by atoms with van der Waals surface area (Å²) in [4.78, 5) is 27.1. The molecule has 0 aromatic carbocycles. The van der Waals surface area contributed by atoms with Gasteiger partial charge in [0.15, 0.2) is 0 Å². The summed E-state index contributed by atoms with van der Waals surface area (Å²) >= 11 is 12.1. The minimum absolute atomic E-state index is 0.0901. The van der Waals surface area contributed by atoms with Gasteiger partial charge in [0.05, 0.1) is 10.9 Å². The fourth-order valence-electron chi connectivity index (χ4n) is 3.85. The molecular formula is C18H25Cl2N3O2. The summed E-state index contributed by atoms with van der Waals surface area (Å²) in [7, 11) is 1.72. The molecule has 0 radical (unpaired) electrons. The molecule has 0 bridgehead atoms. The molecule has 7 heteroatoms. The molecule has 1 N–H and O–H groups in total. The largest absolute Gasteiger partial charge is 0.353 e. The molecule has 25 heavy (non-hydrogen) atoms. The first-order chi connectivity index (χ1) is 12.0. The van der Waals surface area contributed by atoms with Gasteiger partial charge in [-0.1, -0.05) is 42.5 Å². The van der Waals surface area contributed by atoms with Crippen LogP contribution in [-0.2, 0) is 11.8 Å². The van der Waals surface area contributed by atoms with Crippen molar-refractivity contribution in [2.24, 2.45) is 13.0 Å². The summed E-state index contributed by atoms with van der Waals surface area (Å²) in [6, 6.07) is 1.90. The Morgan fingerprint density at radius 2 is 1.84 bits per heavy atom. The minimum atomic E-state index is -0.133. The van der Waals surface area contributed by atoms with Crippen molar-refractivity contribution in [3.8, 4) is 0 Å². The molecule has 2 aliphatic rings. The van der Waals surface area contributed by atoms with Crippen LogP contribution in [0.4, 0.5) is 0 Å². The van der Waals surface area contributed by atoms with Gasteiger partial charge in [0, 0.05) is 26.2 Å². The quantitative estimate of drug-likeness (QED) is 0.863. The number of aromatic nitrogens is 1. The molecule has 2 fully saturated rings. The summed E-state index contributed by atoms with van der Waals surface area (Å²) < 4.78 is 1.60. The Bertz CT molecular complexity index is 653. The highest BCUT2D eigenvalue weighted by Gasteiger charge is 2.31. The predicted octanol–water partition coefficient (Wildman–Crippen LogP) is 3.63. The number of piperidine rings is 1. The second-order valence-electron chi connectivity index (χ2n) is 7.16. The van der Waals surface area contributed by atoms with Crippen LogP contribution in [0.25, 0.3) is 0 Å². The lowest BCUT2D eigenvalue weighted by Gasteiger charge is -2.33. The van der Waals surface area contributed by atoms with E-state index in [-0.39, 0.29) is 17.7 Å². The number of rotatable bonds is 3. The Labute approximate surface area is 158 Å². The fraction of sp³-hybridized carbons (Fsp3) is 0.667. The van der Waals surface area contributed by atoms with Crippen molar-refractivity contribution >= 4 is 35.0 Å². The van der Waals surface area contributed by atoms with Gasteiger partial charge in [0.25, 0.3) is 5.91 Å². The number of nitrogens with zero attached hydrogens (tertiary/aromatic N) is 2. The third kappa shape index (κ3) is 4.14. The number of carbonyl (C=O) groups excluding carboxylic acids is 2.